The summed E-state index contributed by atoms with van der Waals surface area (Å²) in [6.07, 6.45) is 1.80. The van der Waals surface area contributed by atoms with Crippen LogP contribution in [0.2, 0.25) is 5.02 Å². The molecule has 0 radical (unpaired) electrons. The number of aliphatic hydroxyl groups is 1. The quantitative estimate of drug-likeness (QED) is 0.352. The Morgan fingerprint density at radius 1 is 1.30 bits per heavy atom. The van der Waals surface area contributed by atoms with Gasteiger partial charge in [-0.3, -0.25) is 8.98 Å². The van der Waals surface area contributed by atoms with Gasteiger partial charge in [-0.1, -0.05) is 17.7 Å². The van der Waals surface area contributed by atoms with Crippen molar-refractivity contribution in [3.05, 3.63) is 74.3 Å². The fraction of sp³-hybridized carbons (Fsp3) is 0.375. The molecule has 1 saturated carbocycles. The average Bonchev–Trinajstić information content (AvgIpc) is 3.50. The first kappa shape index (κ1) is 26.2. The number of carbonyl (C=O) groups excluding carboxylic acids is 1. The lowest BCUT2D eigenvalue weighted by Crippen LogP contribution is -2.31. The lowest BCUT2D eigenvalue weighted by atomic mass is 9.94. The molecule has 4 atom stereocenters. The highest BCUT2D eigenvalue weighted by atomic mass is 35.5. The summed E-state index contributed by atoms with van der Waals surface area (Å²) in [5.74, 6) is 0.0498. The van der Waals surface area contributed by atoms with Gasteiger partial charge < -0.3 is 15.2 Å². The molecular formula is C24H25ClN4O6S2. The van der Waals surface area contributed by atoms with Crippen LogP contribution in [0.15, 0.2) is 42.2 Å². The molecule has 5 rings (SSSR count). The van der Waals surface area contributed by atoms with Crippen molar-refractivity contribution >= 4 is 44.8 Å². The van der Waals surface area contributed by atoms with Gasteiger partial charge in [0.2, 0.25) is 5.78 Å². The van der Waals surface area contributed by atoms with Gasteiger partial charge in [-0.2, -0.15) is 13.1 Å². The number of thiophene rings is 1. The van der Waals surface area contributed by atoms with Gasteiger partial charge in [-0.25, -0.2) is 9.97 Å². The van der Waals surface area contributed by atoms with Gasteiger partial charge in [-0.15, -0.1) is 11.3 Å². The number of rotatable bonds is 8. The normalized spacial score (nSPS) is 23.5. The second-order valence-electron chi connectivity index (χ2n) is 8.88. The molecule has 3 aromatic rings. The number of carbonyl (C=O) groups is 1. The van der Waals surface area contributed by atoms with Crippen molar-refractivity contribution in [2.24, 2.45) is 0 Å². The maximum absolute atomic E-state index is 13.5. The molecule has 13 heteroatoms. The van der Waals surface area contributed by atoms with Crippen LogP contribution in [0.25, 0.3) is 0 Å². The molecule has 196 valence electrons. The molecule has 37 heavy (non-hydrogen) atoms. The Hall–Kier alpha value is -2.45. The van der Waals surface area contributed by atoms with Crippen molar-refractivity contribution in [2.75, 3.05) is 19.0 Å². The second-order valence-corrected chi connectivity index (χ2v) is 11.7. The van der Waals surface area contributed by atoms with Crippen molar-refractivity contribution in [2.45, 2.75) is 43.6 Å². The number of halogens is 1. The van der Waals surface area contributed by atoms with E-state index >= 15 is 0 Å². The summed E-state index contributed by atoms with van der Waals surface area (Å²) in [7, 11) is -2.72. The highest BCUT2D eigenvalue weighted by molar-refractivity contribution is 7.84. The number of nitrogens with one attached hydrogen (secondary N) is 2. The predicted octanol–water partition coefficient (Wildman–Crippen LogP) is 2.87. The minimum Gasteiger partial charge on any atom is -0.390 e. The third-order valence-electron chi connectivity index (χ3n) is 6.46. The Labute approximate surface area is 223 Å². The Morgan fingerprint density at radius 3 is 2.95 bits per heavy atom. The van der Waals surface area contributed by atoms with E-state index in [2.05, 4.69) is 20.0 Å². The van der Waals surface area contributed by atoms with Crippen LogP contribution < -0.4 is 10.0 Å². The van der Waals surface area contributed by atoms with Crippen LogP contribution in [0.4, 0.5) is 5.82 Å². The van der Waals surface area contributed by atoms with E-state index in [9.17, 15) is 18.3 Å². The van der Waals surface area contributed by atoms with E-state index in [4.69, 9.17) is 20.5 Å². The van der Waals surface area contributed by atoms with Crippen LogP contribution in [0.5, 0.6) is 0 Å². The predicted molar refractivity (Wildman–Crippen MR) is 138 cm³/mol. The van der Waals surface area contributed by atoms with Gasteiger partial charge in [0, 0.05) is 24.3 Å². The summed E-state index contributed by atoms with van der Waals surface area (Å²) in [6.45, 7) is 0.561. The third kappa shape index (κ3) is 5.70. The van der Waals surface area contributed by atoms with Gasteiger partial charge in [-0.05, 0) is 59.5 Å². The van der Waals surface area contributed by atoms with Crippen LogP contribution in [0.3, 0.4) is 0 Å². The highest BCUT2D eigenvalue weighted by Crippen LogP contribution is 2.37. The summed E-state index contributed by atoms with van der Waals surface area (Å²) >= 11 is 7.47. The topological polar surface area (TPSA) is 140 Å². The standard InChI is InChI=1S/C24H25ClN4O6S2/c1-26-37(32,33)35-20-9-16(8-19(20)30)29-24-18(10-27-12-28-24)22(31)21-7-14(11-36-21)23-17-3-2-15(25)6-13(17)4-5-34-23/h2-3,6-7,10-12,16,19-20,23,26,30H,4-5,8-9H2,1H3,(H,27,28,29)/t16-,19+,20-,23-/m1/s1. The lowest BCUT2D eigenvalue weighted by Gasteiger charge is -2.25. The maximum Gasteiger partial charge on any atom is 0.335 e. The highest BCUT2D eigenvalue weighted by Gasteiger charge is 2.37. The van der Waals surface area contributed by atoms with Crippen LogP contribution in [0.1, 0.15) is 50.9 Å². The summed E-state index contributed by atoms with van der Waals surface area (Å²) in [4.78, 5) is 22.2. The molecule has 2 aromatic heterocycles. The Morgan fingerprint density at radius 2 is 2.14 bits per heavy atom. The van der Waals surface area contributed by atoms with E-state index in [1.807, 2.05) is 29.6 Å². The number of nitrogens with zero attached hydrogens (tertiary/aromatic N) is 2. The molecule has 1 aliphatic carbocycles. The maximum atomic E-state index is 13.5. The molecular weight excluding hydrogens is 540 g/mol. The molecule has 0 saturated heterocycles. The van der Waals surface area contributed by atoms with Crippen LogP contribution in [-0.2, 0) is 25.6 Å². The number of anilines is 1. The molecule has 1 fully saturated rings. The fourth-order valence-corrected chi connectivity index (χ4v) is 6.35. The molecule has 1 aromatic carbocycles. The van der Waals surface area contributed by atoms with E-state index in [-0.39, 0.29) is 36.3 Å². The van der Waals surface area contributed by atoms with Crippen molar-refractivity contribution in [3.8, 4) is 0 Å². The monoisotopic (exact) mass is 564 g/mol. The second kappa shape index (κ2) is 10.7. The lowest BCUT2D eigenvalue weighted by molar-refractivity contribution is 0.0636. The van der Waals surface area contributed by atoms with E-state index in [1.54, 1.807) is 0 Å². The first-order valence-electron chi connectivity index (χ1n) is 11.6. The third-order valence-corrected chi connectivity index (χ3v) is 8.64. The first-order chi connectivity index (χ1) is 17.7. The molecule has 3 heterocycles. The number of aliphatic hydroxyl groups excluding tert-OH is 1. The van der Waals surface area contributed by atoms with Gasteiger partial charge in [0.1, 0.15) is 24.4 Å². The molecule has 0 bridgehead atoms. The Bertz CT molecular complexity index is 1420. The fourth-order valence-electron chi connectivity index (χ4n) is 4.65. The van der Waals surface area contributed by atoms with Gasteiger partial charge in [0.05, 0.1) is 23.2 Å². The van der Waals surface area contributed by atoms with E-state index in [0.717, 1.165) is 23.1 Å². The first-order valence-corrected chi connectivity index (χ1v) is 14.3. The zero-order valence-electron chi connectivity index (χ0n) is 19.8. The molecule has 2 aliphatic rings. The van der Waals surface area contributed by atoms with Gasteiger partial charge >= 0.3 is 10.3 Å². The number of benzene rings is 1. The minimum atomic E-state index is -3.95. The summed E-state index contributed by atoms with van der Waals surface area (Å²) < 4.78 is 36.6. The molecule has 3 N–H and O–H groups in total. The smallest absolute Gasteiger partial charge is 0.335 e. The average molecular weight is 565 g/mol. The number of ketones is 1. The summed E-state index contributed by atoms with van der Waals surface area (Å²) in [5, 5.41) is 16.0. The SMILES string of the molecule is CNS(=O)(=O)O[C@@H]1C[C@H](Nc2ncncc2C(=O)c2cc([C@H]3OCCc4cc(Cl)ccc43)cs2)C[C@@H]1O. The Kier molecular flexibility index (Phi) is 7.59. The number of hydrogen-bond donors (Lipinski definition) is 3. The number of aromatic nitrogens is 2. The largest absolute Gasteiger partial charge is 0.390 e. The minimum absolute atomic E-state index is 0.214. The zero-order chi connectivity index (χ0) is 26.2. The molecule has 0 spiro atoms. The molecule has 1 aliphatic heterocycles. The van der Waals surface area contributed by atoms with Crippen molar-refractivity contribution in [1.82, 2.24) is 14.7 Å². The van der Waals surface area contributed by atoms with Gasteiger partial charge in [0.25, 0.3) is 0 Å². The summed E-state index contributed by atoms with van der Waals surface area (Å²) in [5.41, 5.74) is 3.33. The number of hydrogen-bond acceptors (Lipinski definition) is 10. The van der Waals surface area contributed by atoms with E-state index in [1.165, 1.54) is 30.9 Å². The van der Waals surface area contributed by atoms with Crippen LogP contribution in [-0.4, -0.2) is 61.2 Å². The number of ether oxygens (including phenoxy) is 1. The molecule has 0 amide bonds. The van der Waals surface area contributed by atoms with Crippen LogP contribution >= 0.6 is 22.9 Å². The van der Waals surface area contributed by atoms with Crippen molar-refractivity contribution in [3.63, 3.8) is 0 Å². The van der Waals surface area contributed by atoms with Crippen molar-refractivity contribution < 1.29 is 27.2 Å². The van der Waals surface area contributed by atoms with E-state index < -0.39 is 22.5 Å². The van der Waals surface area contributed by atoms with Gasteiger partial charge in [0.15, 0.2) is 0 Å². The Balaban J connectivity index is 1.33. The van der Waals surface area contributed by atoms with Crippen molar-refractivity contribution in [1.29, 1.82) is 0 Å². The summed E-state index contributed by atoms with van der Waals surface area (Å²) in [6, 6.07) is 7.22. The van der Waals surface area contributed by atoms with Crippen LogP contribution in [0, 0.1) is 0 Å². The zero-order valence-corrected chi connectivity index (χ0v) is 22.1. The molecule has 10 nitrogen and oxygen atoms in total. The number of fused-ring (bicyclic) bond motifs is 1. The molecule has 0 unspecified atom stereocenters. The van der Waals surface area contributed by atoms with E-state index in [0.29, 0.717) is 22.3 Å².